The first-order valence-corrected chi connectivity index (χ1v) is 11.2. The number of pyridine rings is 1. The van der Waals surface area contributed by atoms with Crippen LogP contribution in [0.25, 0.3) is 0 Å². The second kappa shape index (κ2) is 7.45. The number of hydrogen-bond donors (Lipinski definition) is 1. The number of halogens is 1. The molecular weight excluding hydrogens is 406 g/mol. The first kappa shape index (κ1) is 18.1. The average Bonchev–Trinajstić information content (AvgIpc) is 2.64. The normalized spacial score (nSPS) is 38.1. The molecule has 27 heavy (non-hydrogen) atoms. The van der Waals surface area contributed by atoms with Gasteiger partial charge in [0.2, 0.25) is 0 Å². The van der Waals surface area contributed by atoms with Crippen LogP contribution in [0.1, 0.15) is 37.7 Å². The Kier molecular flexibility index (Phi) is 4.99. The average molecular weight is 434 g/mol. The molecule has 1 atom stereocenters. The van der Waals surface area contributed by atoms with Crippen molar-refractivity contribution in [1.29, 1.82) is 0 Å². The molecule has 1 aromatic rings. The summed E-state index contributed by atoms with van der Waals surface area (Å²) in [4.78, 5) is 19.5. The smallest absolute Gasteiger partial charge is 0.250 e. The van der Waals surface area contributed by atoms with E-state index in [9.17, 15) is 4.79 Å². The molecule has 1 amide bonds. The van der Waals surface area contributed by atoms with Crippen LogP contribution in [0, 0.1) is 23.7 Å². The van der Waals surface area contributed by atoms with Gasteiger partial charge >= 0.3 is 0 Å². The summed E-state index contributed by atoms with van der Waals surface area (Å²) < 4.78 is 6.84. The minimum Gasteiger partial charge on any atom is -0.366 e. The summed E-state index contributed by atoms with van der Waals surface area (Å²) in [6.45, 7) is 2.93. The van der Waals surface area contributed by atoms with Gasteiger partial charge in [0.1, 0.15) is 6.10 Å². The van der Waals surface area contributed by atoms with E-state index < -0.39 is 0 Å². The molecule has 146 valence electrons. The predicted molar refractivity (Wildman–Crippen MR) is 106 cm³/mol. The Morgan fingerprint density at radius 3 is 2.63 bits per heavy atom. The molecule has 5 fully saturated rings. The minimum atomic E-state index is -0.351. The highest BCUT2D eigenvalue weighted by atomic mass is 79.9. The lowest BCUT2D eigenvalue weighted by Crippen LogP contribution is -2.59. The van der Waals surface area contributed by atoms with Crippen LogP contribution in [-0.2, 0) is 16.1 Å². The summed E-state index contributed by atoms with van der Waals surface area (Å²) in [5.74, 6) is 3.38. The summed E-state index contributed by atoms with van der Waals surface area (Å²) in [6, 6.07) is 2.48. The lowest BCUT2D eigenvalue weighted by atomic mass is 9.54. The number of carbonyl (C=O) groups is 1. The van der Waals surface area contributed by atoms with E-state index in [1.165, 1.54) is 32.1 Å². The van der Waals surface area contributed by atoms with E-state index >= 15 is 0 Å². The van der Waals surface area contributed by atoms with Gasteiger partial charge in [-0.05, 0) is 83.3 Å². The van der Waals surface area contributed by atoms with Gasteiger partial charge in [0.15, 0.2) is 0 Å². The zero-order valence-electron chi connectivity index (χ0n) is 15.6. The standard InChI is InChI=1S/C21H28BrN3O2/c22-18-8-15(9-23-10-18)11-25-1-2-27-19(12-25)21(26)24-20-16-4-13-3-14(6-16)7-17(20)5-13/h8-10,13-14,16-17,19-20H,1-7,11-12H2,(H,24,26). The third kappa shape index (κ3) is 3.81. The summed E-state index contributed by atoms with van der Waals surface area (Å²) in [6.07, 6.45) is 10.1. The zero-order valence-corrected chi connectivity index (χ0v) is 17.2. The molecule has 4 bridgehead atoms. The number of carbonyl (C=O) groups excluding carboxylic acids is 1. The van der Waals surface area contributed by atoms with E-state index in [2.05, 4.69) is 37.2 Å². The van der Waals surface area contributed by atoms with Gasteiger partial charge in [-0.1, -0.05) is 0 Å². The molecule has 4 aliphatic carbocycles. The molecule has 0 radical (unpaired) electrons. The van der Waals surface area contributed by atoms with Crippen LogP contribution >= 0.6 is 15.9 Å². The van der Waals surface area contributed by atoms with Crippen LogP contribution in [0.3, 0.4) is 0 Å². The van der Waals surface area contributed by atoms with E-state index in [1.54, 1.807) is 6.20 Å². The van der Waals surface area contributed by atoms with Crippen LogP contribution in [0.4, 0.5) is 0 Å². The largest absolute Gasteiger partial charge is 0.366 e. The summed E-state index contributed by atoms with van der Waals surface area (Å²) in [7, 11) is 0. The Balaban J connectivity index is 1.19. The highest BCUT2D eigenvalue weighted by molar-refractivity contribution is 9.10. The number of morpholine rings is 1. The van der Waals surface area contributed by atoms with Gasteiger partial charge in [-0.2, -0.15) is 0 Å². The molecule has 1 unspecified atom stereocenters. The molecule has 2 heterocycles. The molecule has 6 heteroatoms. The van der Waals surface area contributed by atoms with Crippen molar-refractivity contribution in [3.63, 3.8) is 0 Å². The lowest BCUT2D eigenvalue weighted by Gasteiger charge is -2.54. The Labute approximate surface area is 169 Å². The molecule has 5 nitrogen and oxygen atoms in total. The maximum Gasteiger partial charge on any atom is 0.250 e. The Morgan fingerprint density at radius 1 is 1.19 bits per heavy atom. The maximum absolute atomic E-state index is 13.0. The first-order valence-electron chi connectivity index (χ1n) is 10.4. The fraction of sp³-hybridized carbons (Fsp3) is 0.714. The Morgan fingerprint density at radius 2 is 1.93 bits per heavy atom. The Bertz CT molecular complexity index is 684. The number of nitrogens with zero attached hydrogens (tertiary/aromatic N) is 2. The quantitative estimate of drug-likeness (QED) is 0.792. The molecule has 0 aromatic carbocycles. The third-order valence-corrected chi connectivity index (χ3v) is 7.58. The van der Waals surface area contributed by atoms with Crippen molar-refractivity contribution in [3.05, 3.63) is 28.5 Å². The number of aromatic nitrogens is 1. The van der Waals surface area contributed by atoms with Crippen LogP contribution in [-0.4, -0.2) is 47.6 Å². The van der Waals surface area contributed by atoms with Crippen molar-refractivity contribution in [3.8, 4) is 0 Å². The van der Waals surface area contributed by atoms with Crippen molar-refractivity contribution in [2.75, 3.05) is 19.7 Å². The molecule has 1 saturated heterocycles. The maximum atomic E-state index is 13.0. The van der Waals surface area contributed by atoms with E-state index in [0.717, 1.165) is 35.0 Å². The monoisotopic (exact) mass is 433 g/mol. The van der Waals surface area contributed by atoms with Crippen LogP contribution in [0.2, 0.25) is 0 Å². The van der Waals surface area contributed by atoms with E-state index in [1.807, 2.05) is 6.20 Å². The van der Waals surface area contributed by atoms with Crippen LogP contribution in [0.5, 0.6) is 0 Å². The van der Waals surface area contributed by atoms with Gasteiger partial charge in [0.25, 0.3) is 5.91 Å². The molecule has 0 spiro atoms. The van der Waals surface area contributed by atoms with Gasteiger partial charge in [-0.25, -0.2) is 0 Å². The van der Waals surface area contributed by atoms with Crippen molar-refractivity contribution in [2.24, 2.45) is 23.7 Å². The molecule has 5 aliphatic rings. The summed E-state index contributed by atoms with van der Waals surface area (Å²) >= 11 is 3.48. The van der Waals surface area contributed by atoms with Gasteiger partial charge in [0.05, 0.1) is 6.61 Å². The molecule has 4 saturated carbocycles. The van der Waals surface area contributed by atoms with Crippen molar-refractivity contribution in [2.45, 2.75) is 50.8 Å². The predicted octanol–water partition coefficient (Wildman–Crippen LogP) is 2.99. The minimum absolute atomic E-state index is 0.101. The number of ether oxygens (including phenoxy) is 1. The summed E-state index contributed by atoms with van der Waals surface area (Å²) in [5.41, 5.74) is 1.16. The molecule has 1 N–H and O–H groups in total. The van der Waals surface area contributed by atoms with Gasteiger partial charge in [-0.3, -0.25) is 14.7 Å². The van der Waals surface area contributed by atoms with Gasteiger partial charge in [0, 0.05) is 42.5 Å². The number of nitrogens with one attached hydrogen (secondary N) is 1. The topological polar surface area (TPSA) is 54.5 Å². The highest BCUT2D eigenvalue weighted by Crippen LogP contribution is 2.53. The van der Waals surface area contributed by atoms with E-state index in [-0.39, 0.29) is 12.0 Å². The third-order valence-electron chi connectivity index (χ3n) is 7.15. The number of hydrogen-bond acceptors (Lipinski definition) is 4. The lowest BCUT2D eigenvalue weighted by molar-refractivity contribution is -0.142. The number of amides is 1. The molecule has 1 aliphatic heterocycles. The fourth-order valence-corrected chi connectivity index (χ4v) is 6.64. The van der Waals surface area contributed by atoms with Crippen molar-refractivity contribution in [1.82, 2.24) is 15.2 Å². The van der Waals surface area contributed by atoms with E-state index in [0.29, 0.717) is 31.0 Å². The van der Waals surface area contributed by atoms with E-state index in [4.69, 9.17) is 4.74 Å². The molecule has 6 rings (SSSR count). The second-order valence-electron chi connectivity index (χ2n) is 9.07. The van der Waals surface area contributed by atoms with Crippen LogP contribution in [0.15, 0.2) is 22.9 Å². The summed E-state index contributed by atoms with van der Waals surface area (Å²) in [5, 5.41) is 3.41. The van der Waals surface area contributed by atoms with Gasteiger partial charge < -0.3 is 10.1 Å². The highest BCUT2D eigenvalue weighted by Gasteiger charge is 2.49. The van der Waals surface area contributed by atoms with Gasteiger partial charge in [-0.15, -0.1) is 0 Å². The number of rotatable bonds is 4. The van der Waals surface area contributed by atoms with Crippen molar-refractivity contribution < 1.29 is 9.53 Å². The van der Waals surface area contributed by atoms with Crippen LogP contribution < -0.4 is 5.32 Å². The molecule has 1 aromatic heterocycles. The van der Waals surface area contributed by atoms with Crippen molar-refractivity contribution >= 4 is 21.8 Å². The zero-order chi connectivity index (χ0) is 18.4. The SMILES string of the molecule is O=C(NC1C2CC3CC(C2)CC1C3)C1CN(Cc2cncc(Br)c2)CCO1. The fourth-order valence-electron chi connectivity index (χ4n) is 6.22. The Hall–Kier alpha value is -0.980. The first-order chi connectivity index (χ1) is 13.1. The molecular formula is C21H28BrN3O2. The second-order valence-corrected chi connectivity index (χ2v) is 9.99.